The van der Waals surface area contributed by atoms with Crippen LogP contribution in [0.3, 0.4) is 0 Å². The highest BCUT2D eigenvalue weighted by molar-refractivity contribution is 9.11. The lowest BCUT2D eigenvalue weighted by molar-refractivity contribution is -0.143. The summed E-state index contributed by atoms with van der Waals surface area (Å²) in [6.07, 6.45) is 0. The van der Waals surface area contributed by atoms with Crippen molar-refractivity contribution in [1.29, 1.82) is 0 Å². The number of carbonyl (C=O) groups excluding carboxylic acids is 2. The zero-order chi connectivity index (χ0) is 15.1. The summed E-state index contributed by atoms with van der Waals surface area (Å²) < 4.78 is 5.82. The number of hydrogen-bond acceptors (Lipinski definition) is 4. The smallest absolute Gasteiger partial charge is 0.329 e. The predicted molar refractivity (Wildman–Crippen MR) is 77.5 cm³/mol. The number of nitrogens with one attached hydrogen (secondary N) is 2. The minimum Gasteiger partial charge on any atom is -0.480 e. The van der Waals surface area contributed by atoms with E-state index in [1.807, 2.05) is 5.32 Å². The molecule has 20 heavy (non-hydrogen) atoms. The largest absolute Gasteiger partial charge is 0.480 e. The molecule has 0 aromatic heterocycles. The molecule has 0 aliphatic rings. The Labute approximate surface area is 130 Å². The van der Waals surface area contributed by atoms with E-state index in [2.05, 4.69) is 41.9 Å². The maximum Gasteiger partial charge on any atom is 0.329 e. The monoisotopic (exact) mass is 408 g/mol. The molecule has 0 heterocycles. The first-order chi connectivity index (χ1) is 9.40. The second-order valence-electron chi connectivity index (χ2n) is 3.49. The molecule has 7 nitrogen and oxygen atoms in total. The Balaban J connectivity index is 2.47. The molecule has 0 atom stereocenters. The third kappa shape index (κ3) is 5.68. The Morgan fingerprint density at radius 1 is 1.15 bits per heavy atom. The molecule has 0 fully saturated rings. The second-order valence-corrected chi connectivity index (χ2v) is 5.19. The lowest BCUT2D eigenvalue weighted by Crippen LogP contribution is -2.37. The number of urea groups is 1. The third-order valence-electron chi connectivity index (χ3n) is 1.91. The Bertz CT molecular complexity index is 515. The number of benzene rings is 1. The van der Waals surface area contributed by atoms with E-state index in [1.54, 1.807) is 18.2 Å². The maximum atomic E-state index is 11.6. The van der Waals surface area contributed by atoms with E-state index >= 15 is 0 Å². The summed E-state index contributed by atoms with van der Waals surface area (Å²) >= 11 is 6.50. The number of imide groups is 1. The molecule has 3 amide bonds. The van der Waals surface area contributed by atoms with Crippen LogP contribution in [0.2, 0.25) is 0 Å². The van der Waals surface area contributed by atoms with Crippen LogP contribution in [-0.2, 0) is 14.3 Å². The van der Waals surface area contributed by atoms with Gasteiger partial charge in [-0.3, -0.25) is 10.1 Å². The van der Waals surface area contributed by atoms with Gasteiger partial charge in [0.15, 0.2) is 0 Å². The number of halogens is 2. The Kier molecular flexibility index (Phi) is 6.62. The van der Waals surface area contributed by atoms with Gasteiger partial charge in [0.05, 0.1) is 5.69 Å². The second kappa shape index (κ2) is 7.98. The first kappa shape index (κ1) is 16.6. The van der Waals surface area contributed by atoms with E-state index in [9.17, 15) is 14.4 Å². The van der Waals surface area contributed by atoms with Crippen molar-refractivity contribution in [2.24, 2.45) is 0 Å². The van der Waals surface area contributed by atoms with Gasteiger partial charge in [0.1, 0.15) is 13.2 Å². The van der Waals surface area contributed by atoms with Crippen LogP contribution in [0.25, 0.3) is 0 Å². The number of carboxylic acid groups (broad SMARTS) is 1. The lowest BCUT2D eigenvalue weighted by Gasteiger charge is -2.10. The number of carbonyl (C=O) groups is 3. The Morgan fingerprint density at radius 3 is 2.30 bits per heavy atom. The normalized spacial score (nSPS) is 9.90. The molecule has 0 saturated carbocycles. The summed E-state index contributed by atoms with van der Waals surface area (Å²) in [6.45, 7) is -1.12. The van der Waals surface area contributed by atoms with E-state index in [0.29, 0.717) is 14.6 Å². The number of amides is 3. The van der Waals surface area contributed by atoms with Gasteiger partial charge in [0.25, 0.3) is 5.91 Å². The molecule has 1 aromatic carbocycles. The van der Waals surface area contributed by atoms with Gasteiger partial charge < -0.3 is 15.2 Å². The topological polar surface area (TPSA) is 105 Å². The minimum atomic E-state index is -1.20. The van der Waals surface area contributed by atoms with Crippen molar-refractivity contribution >= 4 is 55.5 Å². The molecule has 0 aliphatic carbocycles. The van der Waals surface area contributed by atoms with Gasteiger partial charge in [-0.05, 0) is 44.0 Å². The molecule has 0 unspecified atom stereocenters. The van der Waals surface area contributed by atoms with Gasteiger partial charge in [-0.25, -0.2) is 9.59 Å². The fraction of sp³-hybridized carbons (Fsp3) is 0.182. The molecule has 1 rings (SSSR count). The van der Waals surface area contributed by atoms with E-state index in [-0.39, 0.29) is 0 Å². The van der Waals surface area contributed by atoms with Crippen molar-refractivity contribution in [2.75, 3.05) is 18.5 Å². The number of hydrogen-bond donors (Lipinski definition) is 3. The standard InChI is InChI=1S/C11H10Br2N2O5/c12-6-2-1-3-7(13)10(6)15-11(19)14-8(16)4-20-5-9(17)18/h1-3H,4-5H2,(H,17,18)(H2,14,15,16,19). The van der Waals surface area contributed by atoms with Gasteiger partial charge in [-0.1, -0.05) is 6.07 Å². The minimum absolute atomic E-state index is 0.462. The molecular formula is C11H10Br2N2O5. The van der Waals surface area contributed by atoms with Gasteiger partial charge in [0.2, 0.25) is 0 Å². The van der Waals surface area contributed by atoms with Crippen molar-refractivity contribution in [1.82, 2.24) is 5.32 Å². The molecule has 1 aromatic rings. The number of ether oxygens (including phenoxy) is 1. The highest BCUT2D eigenvalue weighted by atomic mass is 79.9. The summed E-state index contributed by atoms with van der Waals surface area (Å²) in [5, 5.41) is 12.8. The summed E-state index contributed by atoms with van der Waals surface area (Å²) in [5.74, 6) is -1.94. The highest BCUT2D eigenvalue weighted by Gasteiger charge is 2.12. The Morgan fingerprint density at radius 2 is 1.75 bits per heavy atom. The molecule has 0 saturated heterocycles. The molecule has 3 N–H and O–H groups in total. The SMILES string of the molecule is O=C(O)COCC(=O)NC(=O)Nc1c(Br)cccc1Br. The van der Waals surface area contributed by atoms with Crippen molar-refractivity contribution in [3.63, 3.8) is 0 Å². The van der Waals surface area contributed by atoms with E-state index in [1.165, 1.54) is 0 Å². The molecular weight excluding hydrogens is 400 g/mol. The molecule has 0 spiro atoms. The average molecular weight is 410 g/mol. The molecule has 9 heteroatoms. The Hall–Kier alpha value is -1.45. The van der Waals surface area contributed by atoms with Crippen molar-refractivity contribution in [3.8, 4) is 0 Å². The van der Waals surface area contributed by atoms with Crippen molar-refractivity contribution in [2.45, 2.75) is 0 Å². The zero-order valence-electron chi connectivity index (χ0n) is 9.98. The van der Waals surface area contributed by atoms with E-state index in [4.69, 9.17) is 5.11 Å². The van der Waals surface area contributed by atoms with Crippen molar-refractivity contribution < 1.29 is 24.2 Å². The third-order valence-corrected chi connectivity index (χ3v) is 3.23. The first-order valence-corrected chi connectivity index (χ1v) is 6.83. The molecule has 0 radical (unpaired) electrons. The van der Waals surface area contributed by atoms with Gasteiger partial charge in [-0.15, -0.1) is 0 Å². The fourth-order valence-corrected chi connectivity index (χ4v) is 2.35. The molecule has 0 aliphatic heterocycles. The lowest BCUT2D eigenvalue weighted by atomic mass is 10.3. The van der Waals surface area contributed by atoms with Crippen LogP contribution in [0.15, 0.2) is 27.1 Å². The summed E-state index contributed by atoms with van der Waals surface area (Å²) in [5.41, 5.74) is 0.462. The maximum absolute atomic E-state index is 11.6. The van der Waals surface area contributed by atoms with Crippen LogP contribution in [0.5, 0.6) is 0 Å². The quantitative estimate of drug-likeness (QED) is 0.689. The van der Waals surface area contributed by atoms with Gasteiger partial charge >= 0.3 is 12.0 Å². The van der Waals surface area contributed by atoms with Crippen LogP contribution in [0.1, 0.15) is 0 Å². The van der Waals surface area contributed by atoms with E-state index < -0.39 is 31.1 Å². The summed E-state index contributed by atoms with van der Waals surface area (Å²) in [4.78, 5) is 33.0. The highest BCUT2D eigenvalue weighted by Crippen LogP contribution is 2.30. The molecule has 108 valence electrons. The number of aliphatic carboxylic acids is 1. The number of para-hydroxylation sites is 1. The fourth-order valence-electron chi connectivity index (χ4n) is 1.16. The van der Waals surface area contributed by atoms with E-state index in [0.717, 1.165) is 0 Å². The molecule has 0 bridgehead atoms. The summed E-state index contributed by atoms with van der Waals surface area (Å²) in [6, 6.07) is 4.46. The number of carboxylic acids is 1. The van der Waals surface area contributed by atoms with Gasteiger partial charge in [-0.2, -0.15) is 0 Å². The van der Waals surface area contributed by atoms with Crippen LogP contribution in [0.4, 0.5) is 10.5 Å². The van der Waals surface area contributed by atoms with Crippen LogP contribution in [-0.4, -0.2) is 36.2 Å². The predicted octanol–water partition coefficient (Wildman–Crippen LogP) is 1.96. The first-order valence-electron chi connectivity index (χ1n) is 5.24. The van der Waals surface area contributed by atoms with Crippen LogP contribution >= 0.6 is 31.9 Å². The average Bonchev–Trinajstić information content (AvgIpc) is 2.33. The zero-order valence-corrected chi connectivity index (χ0v) is 13.2. The number of rotatable bonds is 5. The van der Waals surface area contributed by atoms with Crippen LogP contribution in [0, 0.1) is 0 Å². The van der Waals surface area contributed by atoms with Crippen molar-refractivity contribution in [3.05, 3.63) is 27.1 Å². The summed E-state index contributed by atoms with van der Waals surface area (Å²) in [7, 11) is 0. The van der Waals surface area contributed by atoms with Gasteiger partial charge in [0, 0.05) is 8.95 Å². The number of anilines is 1. The van der Waals surface area contributed by atoms with Crippen LogP contribution < -0.4 is 10.6 Å².